The summed E-state index contributed by atoms with van der Waals surface area (Å²) in [6, 6.07) is 12.0. The van der Waals surface area contributed by atoms with E-state index in [2.05, 4.69) is 10.0 Å². The average Bonchev–Trinajstić information content (AvgIpc) is 3.31. The largest absolute Gasteiger partial charge is 0.322 e. The molecule has 2 bridgehead atoms. The Kier molecular flexibility index (Phi) is 5.73. The van der Waals surface area contributed by atoms with Crippen LogP contribution in [0.15, 0.2) is 47.4 Å². The molecule has 2 saturated carbocycles. The first-order valence-electron chi connectivity index (χ1n) is 10.7. The van der Waals surface area contributed by atoms with Crippen LogP contribution in [-0.4, -0.2) is 20.4 Å². The lowest BCUT2D eigenvalue weighted by Crippen LogP contribution is -2.40. The van der Waals surface area contributed by atoms with E-state index in [9.17, 15) is 13.2 Å². The van der Waals surface area contributed by atoms with E-state index in [1.54, 1.807) is 24.3 Å². The van der Waals surface area contributed by atoms with Crippen LogP contribution in [-0.2, 0) is 10.0 Å². The molecule has 0 saturated heterocycles. The minimum absolute atomic E-state index is 0.0609. The third-order valence-electron chi connectivity index (χ3n) is 6.68. The van der Waals surface area contributed by atoms with Crippen LogP contribution in [0.3, 0.4) is 0 Å². The van der Waals surface area contributed by atoms with Gasteiger partial charge in [0.2, 0.25) is 10.0 Å². The molecule has 0 spiro atoms. The first-order valence-corrected chi connectivity index (χ1v) is 12.2. The van der Waals surface area contributed by atoms with E-state index in [4.69, 9.17) is 0 Å². The first-order chi connectivity index (χ1) is 14.2. The van der Waals surface area contributed by atoms with Crippen LogP contribution in [0.5, 0.6) is 0 Å². The summed E-state index contributed by atoms with van der Waals surface area (Å²) in [4.78, 5) is 12.7. The van der Waals surface area contributed by atoms with Gasteiger partial charge in [-0.05, 0) is 94.2 Å². The Morgan fingerprint density at radius 3 is 2.23 bits per heavy atom. The van der Waals surface area contributed by atoms with Crippen LogP contribution in [0.25, 0.3) is 0 Å². The van der Waals surface area contributed by atoms with E-state index < -0.39 is 10.0 Å². The number of sulfonamides is 1. The number of carbonyl (C=O) groups excluding carboxylic acids is 1. The lowest BCUT2D eigenvalue weighted by Gasteiger charge is -2.28. The zero-order valence-electron chi connectivity index (χ0n) is 17.8. The number of benzene rings is 2. The summed E-state index contributed by atoms with van der Waals surface area (Å²) in [5.74, 6) is 1.68. The van der Waals surface area contributed by atoms with E-state index in [0.29, 0.717) is 23.1 Å². The molecule has 0 aliphatic heterocycles. The Balaban J connectivity index is 1.41. The van der Waals surface area contributed by atoms with E-state index in [0.717, 1.165) is 23.5 Å². The van der Waals surface area contributed by atoms with Crippen LogP contribution in [0, 0.1) is 31.6 Å². The second-order valence-corrected chi connectivity index (χ2v) is 10.8. The fourth-order valence-corrected chi connectivity index (χ4v) is 6.63. The molecule has 160 valence electrons. The van der Waals surface area contributed by atoms with Gasteiger partial charge in [0.05, 0.1) is 4.90 Å². The number of nitrogens with one attached hydrogen (secondary N) is 2. The molecule has 2 aliphatic rings. The van der Waals surface area contributed by atoms with Crippen LogP contribution in [0.4, 0.5) is 5.69 Å². The maximum Gasteiger partial charge on any atom is 0.255 e. The van der Waals surface area contributed by atoms with E-state index >= 15 is 0 Å². The van der Waals surface area contributed by atoms with Gasteiger partial charge in [0.15, 0.2) is 0 Å². The van der Waals surface area contributed by atoms with Gasteiger partial charge < -0.3 is 5.32 Å². The number of amides is 1. The van der Waals surface area contributed by atoms with E-state index in [-0.39, 0.29) is 16.8 Å². The van der Waals surface area contributed by atoms with Crippen molar-refractivity contribution in [3.63, 3.8) is 0 Å². The topological polar surface area (TPSA) is 75.3 Å². The zero-order chi connectivity index (χ0) is 21.5. The molecular formula is C24H30N2O3S. The van der Waals surface area contributed by atoms with Gasteiger partial charge in [0.25, 0.3) is 5.91 Å². The molecular weight excluding hydrogens is 396 g/mol. The highest BCUT2D eigenvalue weighted by Crippen LogP contribution is 2.49. The predicted molar refractivity (Wildman–Crippen MR) is 119 cm³/mol. The molecule has 4 atom stereocenters. The fraction of sp³-hybridized carbons (Fsp3) is 0.458. The molecule has 2 fully saturated rings. The number of fused-ring (bicyclic) bond motifs is 2. The SMILES string of the molecule is Cc1cc(C)cc(C(=O)Nc2ccc(S(=O)(=O)N[C@@H](C)[C@@H]3C[C@@H]4CC[C@@H]3C4)cc2)c1. The molecule has 2 aromatic carbocycles. The van der Waals surface area contributed by atoms with Gasteiger partial charge in [0.1, 0.15) is 0 Å². The van der Waals surface area contributed by atoms with Crippen molar-refractivity contribution in [1.82, 2.24) is 4.72 Å². The molecule has 6 heteroatoms. The Bertz CT molecular complexity index is 1030. The van der Waals surface area contributed by atoms with Crippen LogP contribution in [0.2, 0.25) is 0 Å². The third kappa shape index (κ3) is 4.44. The smallest absolute Gasteiger partial charge is 0.255 e. The molecule has 2 aliphatic carbocycles. The predicted octanol–water partition coefficient (Wildman–Crippen LogP) is 4.66. The van der Waals surface area contributed by atoms with Gasteiger partial charge in [-0.3, -0.25) is 4.79 Å². The average molecular weight is 427 g/mol. The molecule has 5 nitrogen and oxygen atoms in total. The summed E-state index contributed by atoms with van der Waals surface area (Å²) in [6.07, 6.45) is 4.93. The van der Waals surface area contributed by atoms with Crippen LogP contribution < -0.4 is 10.0 Å². The van der Waals surface area contributed by atoms with Crippen LogP contribution in [0.1, 0.15) is 54.1 Å². The molecule has 0 radical (unpaired) electrons. The molecule has 2 aromatic rings. The normalized spacial score (nSPS) is 24.0. The fourth-order valence-electron chi connectivity index (χ4n) is 5.33. The van der Waals surface area contributed by atoms with Gasteiger partial charge in [-0.1, -0.05) is 23.6 Å². The number of hydrogen-bond acceptors (Lipinski definition) is 3. The van der Waals surface area contributed by atoms with Crippen molar-refractivity contribution in [2.45, 2.75) is 57.4 Å². The Morgan fingerprint density at radius 1 is 1.00 bits per heavy atom. The second kappa shape index (κ2) is 8.16. The van der Waals surface area contributed by atoms with Gasteiger partial charge in [-0.15, -0.1) is 0 Å². The van der Waals surface area contributed by atoms with Crippen LogP contribution >= 0.6 is 0 Å². The Morgan fingerprint density at radius 2 is 1.67 bits per heavy atom. The summed E-state index contributed by atoms with van der Waals surface area (Å²) in [5.41, 5.74) is 3.21. The zero-order valence-corrected chi connectivity index (χ0v) is 18.6. The molecule has 2 N–H and O–H groups in total. The molecule has 1 amide bonds. The standard InChI is InChI=1S/C24H30N2O3S/c1-15-10-16(2)12-20(11-15)24(27)25-21-6-8-22(9-7-21)30(28,29)26-17(3)23-14-18-4-5-19(23)13-18/h6-12,17-19,23,26H,4-5,13-14H2,1-3H3,(H,25,27)/t17-,18+,19+,23-/m0/s1. The molecule has 30 heavy (non-hydrogen) atoms. The summed E-state index contributed by atoms with van der Waals surface area (Å²) < 4.78 is 28.6. The van der Waals surface area contributed by atoms with Crippen molar-refractivity contribution < 1.29 is 13.2 Å². The summed E-state index contributed by atoms with van der Waals surface area (Å²) in [6.45, 7) is 5.89. The molecule has 4 rings (SSSR count). The molecule has 0 unspecified atom stereocenters. The maximum absolute atomic E-state index is 12.8. The number of aryl methyl sites for hydroxylation is 2. The number of rotatable bonds is 6. The summed E-state index contributed by atoms with van der Waals surface area (Å²) >= 11 is 0. The first kappa shape index (κ1) is 21.1. The van der Waals surface area contributed by atoms with Gasteiger partial charge in [-0.2, -0.15) is 0 Å². The molecule has 0 aromatic heterocycles. The second-order valence-electron chi connectivity index (χ2n) is 9.10. The van der Waals surface area contributed by atoms with Crippen molar-refractivity contribution in [2.75, 3.05) is 5.32 Å². The maximum atomic E-state index is 12.8. The van der Waals surface area contributed by atoms with Crippen molar-refractivity contribution in [1.29, 1.82) is 0 Å². The van der Waals surface area contributed by atoms with Crippen molar-refractivity contribution in [3.8, 4) is 0 Å². The van der Waals surface area contributed by atoms with Crippen molar-refractivity contribution >= 4 is 21.6 Å². The van der Waals surface area contributed by atoms with Gasteiger partial charge in [0, 0.05) is 17.3 Å². The molecule has 0 heterocycles. The van der Waals surface area contributed by atoms with E-state index in [1.165, 1.54) is 19.3 Å². The minimum Gasteiger partial charge on any atom is -0.322 e. The highest BCUT2D eigenvalue weighted by atomic mass is 32.2. The third-order valence-corrected chi connectivity index (χ3v) is 8.26. The van der Waals surface area contributed by atoms with E-state index in [1.807, 2.05) is 39.0 Å². The van der Waals surface area contributed by atoms with Gasteiger partial charge >= 0.3 is 0 Å². The number of anilines is 1. The summed E-state index contributed by atoms with van der Waals surface area (Å²) in [7, 11) is -3.59. The monoisotopic (exact) mass is 426 g/mol. The number of carbonyl (C=O) groups is 1. The lowest BCUT2D eigenvalue weighted by molar-refractivity contribution is 0.102. The highest BCUT2D eigenvalue weighted by molar-refractivity contribution is 7.89. The highest BCUT2D eigenvalue weighted by Gasteiger charge is 2.42. The minimum atomic E-state index is -3.59. The van der Waals surface area contributed by atoms with Crippen molar-refractivity contribution in [3.05, 3.63) is 59.2 Å². The quantitative estimate of drug-likeness (QED) is 0.705. The van der Waals surface area contributed by atoms with Crippen molar-refractivity contribution in [2.24, 2.45) is 17.8 Å². The summed E-state index contributed by atoms with van der Waals surface area (Å²) in [5, 5.41) is 2.84. The Labute approximate surface area is 179 Å². The number of hydrogen-bond donors (Lipinski definition) is 2. The lowest BCUT2D eigenvalue weighted by atomic mass is 9.84. The Hall–Kier alpha value is -2.18. The van der Waals surface area contributed by atoms with Gasteiger partial charge in [-0.25, -0.2) is 13.1 Å².